The van der Waals surface area contributed by atoms with Gasteiger partial charge in [-0.25, -0.2) is 0 Å². The topological polar surface area (TPSA) is 41.1 Å². The molecule has 1 heterocycles. The number of hydrogen-bond donors (Lipinski definition) is 2. The van der Waals surface area contributed by atoms with Gasteiger partial charge in [0.25, 0.3) is 0 Å². The molecule has 0 aliphatic carbocycles. The van der Waals surface area contributed by atoms with Gasteiger partial charge in [0.05, 0.1) is 0 Å². The SMILES string of the molecule is Cl.O=C(CC(c1ccccc1)c1ccccc1)NCC1CCCN1. The van der Waals surface area contributed by atoms with Gasteiger partial charge in [0.2, 0.25) is 5.91 Å². The van der Waals surface area contributed by atoms with Crippen molar-refractivity contribution < 1.29 is 4.79 Å². The zero-order valence-corrected chi connectivity index (χ0v) is 14.6. The van der Waals surface area contributed by atoms with Crippen molar-refractivity contribution in [1.29, 1.82) is 0 Å². The van der Waals surface area contributed by atoms with Crippen LogP contribution < -0.4 is 10.6 Å². The average Bonchev–Trinajstić information content (AvgIpc) is 3.13. The van der Waals surface area contributed by atoms with E-state index in [2.05, 4.69) is 34.9 Å². The third-order valence-electron chi connectivity index (χ3n) is 4.50. The lowest BCUT2D eigenvalue weighted by Gasteiger charge is -2.19. The van der Waals surface area contributed by atoms with E-state index in [0.29, 0.717) is 12.5 Å². The number of nitrogens with one attached hydrogen (secondary N) is 2. The summed E-state index contributed by atoms with van der Waals surface area (Å²) in [5.74, 6) is 0.227. The van der Waals surface area contributed by atoms with Crippen LogP contribution in [0.1, 0.15) is 36.3 Å². The van der Waals surface area contributed by atoms with Gasteiger partial charge in [0.15, 0.2) is 0 Å². The van der Waals surface area contributed by atoms with Crippen LogP contribution >= 0.6 is 12.4 Å². The van der Waals surface area contributed by atoms with Gasteiger partial charge in [-0.05, 0) is 30.5 Å². The first-order chi connectivity index (χ1) is 11.3. The van der Waals surface area contributed by atoms with Crippen LogP contribution in [-0.4, -0.2) is 25.0 Å². The van der Waals surface area contributed by atoms with E-state index in [-0.39, 0.29) is 24.2 Å². The smallest absolute Gasteiger partial charge is 0.221 e. The Labute approximate surface area is 150 Å². The van der Waals surface area contributed by atoms with Crippen molar-refractivity contribution in [1.82, 2.24) is 10.6 Å². The van der Waals surface area contributed by atoms with Crippen LogP contribution in [0.4, 0.5) is 0 Å². The summed E-state index contributed by atoms with van der Waals surface area (Å²) < 4.78 is 0. The number of carbonyl (C=O) groups is 1. The van der Waals surface area contributed by atoms with Crippen molar-refractivity contribution >= 4 is 18.3 Å². The second-order valence-electron chi connectivity index (χ2n) is 6.18. The Bertz CT molecular complexity index is 573. The second kappa shape index (κ2) is 9.45. The molecule has 1 fully saturated rings. The molecule has 2 N–H and O–H groups in total. The van der Waals surface area contributed by atoms with Crippen molar-refractivity contribution in [3.8, 4) is 0 Å². The molecule has 4 heteroatoms. The van der Waals surface area contributed by atoms with Crippen molar-refractivity contribution in [2.45, 2.75) is 31.2 Å². The van der Waals surface area contributed by atoms with E-state index in [0.717, 1.165) is 19.5 Å². The summed E-state index contributed by atoms with van der Waals surface area (Å²) in [5, 5.41) is 6.51. The second-order valence-corrected chi connectivity index (χ2v) is 6.18. The Balaban J connectivity index is 0.00000208. The predicted octanol–water partition coefficient (Wildman–Crippen LogP) is 3.50. The lowest BCUT2D eigenvalue weighted by atomic mass is 9.88. The summed E-state index contributed by atoms with van der Waals surface area (Å²) in [6.45, 7) is 1.80. The van der Waals surface area contributed by atoms with E-state index in [1.165, 1.54) is 17.5 Å². The molecule has 2 aromatic carbocycles. The van der Waals surface area contributed by atoms with Gasteiger partial charge in [-0.3, -0.25) is 4.79 Å². The standard InChI is InChI=1S/C20H24N2O.ClH/c23-20(22-15-18-12-7-13-21-18)14-19(16-8-3-1-4-9-16)17-10-5-2-6-11-17;/h1-6,8-11,18-19,21H,7,12-15H2,(H,22,23);1H. The van der Waals surface area contributed by atoms with E-state index in [9.17, 15) is 4.79 Å². The summed E-state index contributed by atoms with van der Waals surface area (Å²) in [5.41, 5.74) is 2.38. The largest absolute Gasteiger partial charge is 0.355 e. The number of halogens is 1. The first kappa shape index (κ1) is 18.5. The summed E-state index contributed by atoms with van der Waals surface area (Å²) >= 11 is 0. The number of amides is 1. The van der Waals surface area contributed by atoms with E-state index in [1.807, 2.05) is 36.4 Å². The van der Waals surface area contributed by atoms with Gasteiger partial charge in [-0.1, -0.05) is 60.7 Å². The zero-order chi connectivity index (χ0) is 15.9. The minimum Gasteiger partial charge on any atom is -0.355 e. The van der Waals surface area contributed by atoms with Crippen molar-refractivity contribution in [3.05, 3.63) is 71.8 Å². The van der Waals surface area contributed by atoms with Gasteiger partial charge in [-0.15, -0.1) is 12.4 Å². The van der Waals surface area contributed by atoms with E-state index in [4.69, 9.17) is 0 Å². The molecule has 0 aromatic heterocycles. The quantitative estimate of drug-likeness (QED) is 0.842. The highest BCUT2D eigenvalue weighted by Crippen LogP contribution is 2.27. The number of rotatable bonds is 6. The Hall–Kier alpha value is -1.84. The Morgan fingerprint density at radius 2 is 1.62 bits per heavy atom. The molecule has 128 valence electrons. The number of hydrogen-bond acceptors (Lipinski definition) is 2. The third-order valence-corrected chi connectivity index (χ3v) is 4.50. The minimum absolute atomic E-state index is 0. The molecule has 1 amide bonds. The van der Waals surface area contributed by atoms with Gasteiger partial charge < -0.3 is 10.6 Å². The number of benzene rings is 2. The maximum absolute atomic E-state index is 12.4. The molecule has 24 heavy (non-hydrogen) atoms. The molecular weight excluding hydrogens is 320 g/mol. The highest BCUT2D eigenvalue weighted by atomic mass is 35.5. The third kappa shape index (κ3) is 5.08. The summed E-state index contributed by atoms with van der Waals surface area (Å²) in [4.78, 5) is 12.4. The zero-order valence-electron chi connectivity index (χ0n) is 13.8. The Morgan fingerprint density at radius 1 is 1.04 bits per heavy atom. The Morgan fingerprint density at radius 3 is 2.12 bits per heavy atom. The van der Waals surface area contributed by atoms with Gasteiger partial charge >= 0.3 is 0 Å². The molecule has 1 aliphatic rings. The van der Waals surface area contributed by atoms with Crippen LogP contribution in [0.2, 0.25) is 0 Å². The summed E-state index contributed by atoms with van der Waals surface area (Å²) in [6.07, 6.45) is 2.85. The highest BCUT2D eigenvalue weighted by molar-refractivity contribution is 5.85. The van der Waals surface area contributed by atoms with Crippen LogP contribution in [0, 0.1) is 0 Å². The van der Waals surface area contributed by atoms with E-state index in [1.54, 1.807) is 0 Å². The minimum atomic E-state index is 0. The van der Waals surface area contributed by atoms with Crippen molar-refractivity contribution in [3.63, 3.8) is 0 Å². The summed E-state index contributed by atoms with van der Waals surface area (Å²) in [6, 6.07) is 21.0. The molecule has 1 aliphatic heterocycles. The molecule has 3 rings (SSSR count). The fourth-order valence-electron chi connectivity index (χ4n) is 3.22. The molecule has 2 aromatic rings. The van der Waals surface area contributed by atoms with Gasteiger partial charge in [0, 0.05) is 24.9 Å². The molecule has 0 radical (unpaired) electrons. The molecule has 0 bridgehead atoms. The van der Waals surface area contributed by atoms with Crippen LogP contribution in [0.3, 0.4) is 0 Å². The van der Waals surface area contributed by atoms with E-state index < -0.39 is 0 Å². The number of carbonyl (C=O) groups excluding carboxylic acids is 1. The van der Waals surface area contributed by atoms with Crippen molar-refractivity contribution in [2.75, 3.05) is 13.1 Å². The van der Waals surface area contributed by atoms with Crippen LogP contribution in [-0.2, 0) is 4.79 Å². The van der Waals surface area contributed by atoms with Crippen LogP contribution in [0.5, 0.6) is 0 Å². The maximum atomic E-state index is 12.4. The fourth-order valence-corrected chi connectivity index (χ4v) is 3.22. The molecule has 0 saturated carbocycles. The lowest BCUT2D eigenvalue weighted by Crippen LogP contribution is -2.37. The molecular formula is C20H25ClN2O. The fraction of sp³-hybridized carbons (Fsp3) is 0.350. The normalized spacial score (nSPS) is 16.6. The Kier molecular flexibility index (Phi) is 7.29. The first-order valence-corrected chi connectivity index (χ1v) is 8.43. The first-order valence-electron chi connectivity index (χ1n) is 8.43. The van der Waals surface area contributed by atoms with E-state index >= 15 is 0 Å². The van der Waals surface area contributed by atoms with Crippen LogP contribution in [0.15, 0.2) is 60.7 Å². The van der Waals surface area contributed by atoms with Gasteiger partial charge in [0.1, 0.15) is 0 Å². The maximum Gasteiger partial charge on any atom is 0.221 e. The van der Waals surface area contributed by atoms with Gasteiger partial charge in [-0.2, -0.15) is 0 Å². The molecule has 1 atom stereocenters. The molecule has 3 nitrogen and oxygen atoms in total. The summed E-state index contributed by atoms with van der Waals surface area (Å²) in [7, 11) is 0. The highest BCUT2D eigenvalue weighted by Gasteiger charge is 2.19. The lowest BCUT2D eigenvalue weighted by molar-refractivity contribution is -0.121. The predicted molar refractivity (Wildman–Crippen MR) is 101 cm³/mol. The monoisotopic (exact) mass is 344 g/mol. The molecule has 1 saturated heterocycles. The van der Waals surface area contributed by atoms with Crippen LogP contribution in [0.25, 0.3) is 0 Å². The molecule has 0 spiro atoms. The van der Waals surface area contributed by atoms with Crippen molar-refractivity contribution in [2.24, 2.45) is 0 Å². The molecule has 1 unspecified atom stereocenters. The average molecular weight is 345 g/mol.